The Hall–Kier alpha value is -6.84. The molecule has 0 fully saturated rings. The maximum Gasteiger partial charge on any atom is 0.0979 e. The zero-order valence-electron chi connectivity index (χ0n) is 32.8. The van der Waals surface area contributed by atoms with Gasteiger partial charge in [0.1, 0.15) is 0 Å². The predicted octanol–water partition coefficient (Wildman–Crippen LogP) is 14.8. The molecular formula is C55H41N3. The lowest BCUT2D eigenvalue weighted by atomic mass is 9.81. The first kappa shape index (κ1) is 33.3. The molecule has 0 saturated carbocycles. The summed E-state index contributed by atoms with van der Waals surface area (Å²) in [4.78, 5) is 10.2. The van der Waals surface area contributed by atoms with Gasteiger partial charge < -0.3 is 4.57 Å². The second kappa shape index (κ2) is 12.6. The van der Waals surface area contributed by atoms with Crippen LogP contribution in [0, 0.1) is 0 Å². The van der Waals surface area contributed by atoms with Crippen LogP contribution in [0.1, 0.15) is 50.7 Å². The van der Waals surface area contributed by atoms with E-state index in [0.29, 0.717) is 0 Å². The highest BCUT2D eigenvalue weighted by Gasteiger charge is 2.36. The Morgan fingerprint density at radius 2 is 1.03 bits per heavy atom. The number of rotatable bonds is 4. The second-order valence-electron chi connectivity index (χ2n) is 16.8. The lowest BCUT2D eigenvalue weighted by molar-refractivity contribution is 0.661. The van der Waals surface area contributed by atoms with Gasteiger partial charge in [-0.2, -0.15) is 0 Å². The summed E-state index contributed by atoms with van der Waals surface area (Å²) in [6, 6.07) is 56.0. The Morgan fingerprint density at radius 3 is 1.72 bits per heavy atom. The molecule has 10 aromatic rings. The van der Waals surface area contributed by atoms with Crippen LogP contribution < -0.4 is 0 Å². The maximum atomic E-state index is 5.23. The number of fused-ring (bicyclic) bond motifs is 12. The Labute approximate surface area is 338 Å². The van der Waals surface area contributed by atoms with Crippen molar-refractivity contribution in [2.75, 3.05) is 0 Å². The molecule has 3 nitrogen and oxygen atoms in total. The van der Waals surface area contributed by atoms with E-state index in [-0.39, 0.29) is 5.41 Å². The van der Waals surface area contributed by atoms with Gasteiger partial charge in [0.15, 0.2) is 0 Å². The van der Waals surface area contributed by atoms with Crippen LogP contribution in [0.4, 0.5) is 0 Å². The van der Waals surface area contributed by atoms with E-state index in [1.165, 1.54) is 95.6 Å². The third-order valence-electron chi connectivity index (χ3n) is 13.2. The summed E-state index contributed by atoms with van der Waals surface area (Å²) in [5.41, 5.74) is 18.1. The van der Waals surface area contributed by atoms with Crippen molar-refractivity contribution in [3.8, 4) is 44.6 Å². The molecule has 2 heterocycles. The first-order valence-corrected chi connectivity index (χ1v) is 20.7. The highest BCUT2D eigenvalue weighted by Crippen LogP contribution is 2.51. The highest BCUT2D eigenvalue weighted by atomic mass is 15.0. The molecule has 0 aliphatic heterocycles. The van der Waals surface area contributed by atoms with Gasteiger partial charge in [-0.05, 0) is 105 Å². The summed E-state index contributed by atoms with van der Waals surface area (Å²) < 4.78 is 2.53. The number of benzene rings is 8. The number of hydrogen-bond acceptors (Lipinski definition) is 2. The predicted molar refractivity (Wildman–Crippen MR) is 244 cm³/mol. The molecule has 0 spiro atoms. The Morgan fingerprint density at radius 1 is 0.483 bits per heavy atom. The van der Waals surface area contributed by atoms with Crippen LogP contribution in [0.3, 0.4) is 0 Å². The summed E-state index contributed by atoms with van der Waals surface area (Å²) in [5.74, 6) is 0. The van der Waals surface area contributed by atoms with Gasteiger partial charge in [-0.15, -0.1) is 0 Å². The van der Waals surface area contributed by atoms with Gasteiger partial charge in [0, 0.05) is 38.2 Å². The largest absolute Gasteiger partial charge is 0.313 e. The molecule has 0 bridgehead atoms. The minimum atomic E-state index is -0.143. The van der Waals surface area contributed by atoms with Gasteiger partial charge in [0.2, 0.25) is 0 Å². The van der Waals surface area contributed by atoms with Gasteiger partial charge in [0.05, 0.1) is 34.0 Å². The summed E-state index contributed by atoms with van der Waals surface area (Å²) in [6.45, 7) is 4.77. The van der Waals surface area contributed by atoms with Crippen LogP contribution >= 0.6 is 0 Å². The van der Waals surface area contributed by atoms with Crippen molar-refractivity contribution in [3.05, 3.63) is 175 Å². The van der Waals surface area contributed by atoms with Gasteiger partial charge in [-0.25, -0.2) is 4.98 Å². The van der Waals surface area contributed by atoms with E-state index in [1.807, 2.05) is 6.20 Å². The Balaban J connectivity index is 0.884. The zero-order valence-corrected chi connectivity index (χ0v) is 32.8. The molecule has 0 atom stereocenters. The number of allylic oxidation sites excluding steroid dienone is 2. The van der Waals surface area contributed by atoms with E-state index in [0.717, 1.165) is 45.9 Å². The first-order chi connectivity index (χ1) is 28.5. The third-order valence-corrected chi connectivity index (χ3v) is 13.2. The lowest BCUT2D eigenvalue weighted by Crippen LogP contribution is -2.15. The average Bonchev–Trinajstić information content (AvgIpc) is 3.73. The topological polar surface area (TPSA) is 30.7 Å². The van der Waals surface area contributed by atoms with Crippen LogP contribution in [0.5, 0.6) is 0 Å². The number of aromatic nitrogens is 3. The van der Waals surface area contributed by atoms with Gasteiger partial charge in [0.25, 0.3) is 0 Å². The van der Waals surface area contributed by atoms with E-state index < -0.39 is 0 Å². The summed E-state index contributed by atoms with van der Waals surface area (Å²) >= 11 is 0. The SMILES string of the molecule is CC1(C)c2cc(-c3ccc(-c4cnc5c6ccccc6c6ccccc6c5n4)cc3)ccc2-c2ccc(-c3ccc4c5ccccc5n(C5=CCCCC5)c4c3)cc21. The Kier molecular flexibility index (Phi) is 7.23. The van der Waals surface area contributed by atoms with E-state index in [9.17, 15) is 0 Å². The first-order valence-electron chi connectivity index (χ1n) is 20.7. The van der Waals surface area contributed by atoms with Crippen molar-refractivity contribution in [3.63, 3.8) is 0 Å². The number of nitrogens with zero attached hydrogens (tertiary/aromatic N) is 3. The van der Waals surface area contributed by atoms with Crippen molar-refractivity contribution in [1.29, 1.82) is 0 Å². The standard InChI is InChI=1S/C55H41N3/c1-55(2)48-30-36(34-20-22-35(23-21-34)50-33-56-53-46-17-8-6-14-40(46)41-15-7-9-18-47(41)54(53)57-50)24-27-42(48)43-28-25-37(31-49(43)55)38-26-29-45-44-16-10-11-19-51(44)58(52(45)32-38)39-12-4-3-5-13-39/h6-12,14-33H,3-5,13H2,1-2H3. The molecule has 0 amide bonds. The fourth-order valence-corrected chi connectivity index (χ4v) is 10.2. The molecule has 0 N–H and O–H groups in total. The molecule has 0 saturated heterocycles. The number of para-hydroxylation sites is 1. The summed E-state index contributed by atoms with van der Waals surface area (Å²) in [7, 11) is 0. The van der Waals surface area contributed by atoms with Crippen LogP contribution in [-0.4, -0.2) is 14.5 Å². The van der Waals surface area contributed by atoms with Crippen LogP contribution in [0.2, 0.25) is 0 Å². The smallest absolute Gasteiger partial charge is 0.0979 e. The fourth-order valence-electron chi connectivity index (χ4n) is 10.2. The minimum absolute atomic E-state index is 0.143. The van der Waals surface area contributed by atoms with E-state index in [4.69, 9.17) is 9.97 Å². The van der Waals surface area contributed by atoms with Gasteiger partial charge >= 0.3 is 0 Å². The highest BCUT2D eigenvalue weighted by molar-refractivity contribution is 6.23. The normalized spacial score (nSPS) is 14.7. The monoisotopic (exact) mass is 743 g/mol. The molecule has 8 aromatic carbocycles. The van der Waals surface area contributed by atoms with Crippen molar-refractivity contribution >= 4 is 60.1 Å². The zero-order chi connectivity index (χ0) is 38.5. The molecule has 0 unspecified atom stereocenters. The molecule has 58 heavy (non-hydrogen) atoms. The minimum Gasteiger partial charge on any atom is -0.313 e. The van der Waals surface area contributed by atoms with E-state index >= 15 is 0 Å². The summed E-state index contributed by atoms with van der Waals surface area (Å²) in [6.07, 6.45) is 9.21. The van der Waals surface area contributed by atoms with E-state index in [2.05, 4.69) is 176 Å². The molecule has 2 aliphatic rings. The molecule has 2 aromatic heterocycles. The lowest BCUT2D eigenvalue weighted by Gasteiger charge is -2.23. The molecule has 3 heteroatoms. The van der Waals surface area contributed by atoms with Crippen molar-refractivity contribution in [2.24, 2.45) is 0 Å². The van der Waals surface area contributed by atoms with E-state index in [1.54, 1.807) is 0 Å². The number of hydrogen-bond donors (Lipinski definition) is 0. The second-order valence-corrected chi connectivity index (χ2v) is 16.8. The fraction of sp³-hybridized carbons (Fsp3) is 0.127. The van der Waals surface area contributed by atoms with Gasteiger partial charge in [-0.3, -0.25) is 4.98 Å². The maximum absolute atomic E-state index is 5.23. The molecule has 2 aliphatic carbocycles. The molecule has 12 rings (SSSR count). The van der Waals surface area contributed by atoms with Crippen molar-refractivity contribution in [2.45, 2.75) is 44.9 Å². The Bertz CT molecular complexity index is 3330. The quantitative estimate of drug-likeness (QED) is 0.168. The van der Waals surface area contributed by atoms with Crippen LogP contribution in [-0.2, 0) is 5.41 Å². The van der Waals surface area contributed by atoms with Crippen molar-refractivity contribution < 1.29 is 0 Å². The van der Waals surface area contributed by atoms with Crippen LogP contribution in [0.15, 0.2) is 164 Å². The van der Waals surface area contributed by atoms with Gasteiger partial charge in [-0.1, -0.05) is 147 Å². The molecule has 276 valence electrons. The molecule has 0 radical (unpaired) electrons. The third kappa shape index (κ3) is 4.92. The average molecular weight is 744 g/mol. The van der Waals surface area contributed by atoms with Crippen molar-refractivity contribution in [1.82, 2.24) is 14.5 Å². The molecular weight excluding hydrogens is 703 g/mol. The summed E-state index contributed by atoms with van der Waals surface area (Å²) in [5, 5.41) is 7.34. The van der Waals surface area contributed by atoms with Crippen LogP contribution in [0.25, 0.3) is 105 Å².